The summed E-state index contributed by atoms with van der Waals surface area (Å²) in [5.74, 6) is 0.241. The van der Waals surface area contributed by atoms with E-state index in [4.69, 9.17) is 33.0 Å². The van der Waals surface area contributed by atoms with Gasteiger partial charge in [0, 0.05) is 48.3 Å². The first-order valence-corrected chi connectivity index (χ1v) is 14.1. The van der Waals surface area contributed by atoms with Crippen molar-refractivity contribution in [1.82, 2.24) is 9.88 Å². The van der Waals surface area contributed by atoms with Gasteiger partial charge in [0.25, 0.3) is 0 Å². The Morgan fingerprint density at radius 1 is 1.00 bits per heavy atom. The molecule has 40 heavy (non-hydrogen) atoms. The summed E-state index contributed by atoms with van der Waals surface area (Å²) in [6.45, 7) is 5.57. The van der Waals surface area contributed by atoms with Crippen molar-refractivity contribution in [3.05, 3.63) is 81.1 Å². The molecule has 1 fully saturated rings. The fourth-order valence-electron chi connectivity index (χ4n) is 5.94. The lowest BCUT2D eigenvalue weighted by molar-refractivity contribution is 0.144. The van der Waals surface area contributed by atoms with Gasteiger partial charge in [0.15, 0.2) is 0 Å². The number of pyridine rings is 1. The van der Waals surface area contributed by atoms with E-state index in [-0.39, 0.29) is 23.9 Å². The number of amides is 2. The summed E-state index contributed by atoms with van der Waals surface area (Å²) in [5.41, 5.74) is 5.71. The molecule has 1 N–H and O–H groups in total. The Morgan fingerprint density at radius 2 is 1.70 bits per heavy atom. The van der Waals surface area contributed by atoms with Gasteiger partial charge in [-0.3, -0.25) is 9.88 Å². The minimum atomic E-state index is -1.37. The summed E-state index contributed by atoms with van der Waals surface area (Å²) >= 11 is 12.9. The van der Waals surface area contributed by atoms with Crippen LogP contribution < -0.4 is 14.5 Å². The van der Waals surface area contributed by atoms with Crippen molar-refractivity contribution in [2.45, 2.75) is 51.6 Å². The minimum Gasteiger partial charge on any atom is -0.449 e. The second-order valence-corrected chi connectivity index (χ2v) is 11.3. The topological polar surface area (TPSA) is 86.2 Å². The van der Waals surface area contributed by atoms with Crippen LogP contribution in [0, 0.1) is 13.8 Å². The average molecular weight is 584 g/mol. The van der Waals surface area contributed by atoms with Crippen molar-refractivity contribution in [2.75, 3.05) is 29.9 Å². The zero-order valence-corrected chi connectivity index (χ0v) is 24.2. The molecule has 0 spiro atoms. The van der Waals surface area contributed by atoms with Crippen LogP contribution in [0.5, 0.6) is 5.75 Å². The van der Waals surface area contributed by atoms with Gasteiger partial charge < -0.3 is 19.6 Å². The highest BCUT2D eigenvalue weighted by molar-refractivity contribution is 6.36. The van der Waals surface area contributed by atoms with Gasteiger partial charge in [-0.1, -0.05) is 29.3 Å². The Hall–Kier alpha value is -3.49. The number of benzene rings is 2. The predicted octanol–water partition coefficient (Wildman–Crippen LogP) is 7.28. The smallest absolute Gasteiger partial charge is 0.449 e. The number of hydrogen-bond donors (Lipinski definition) is 1. The lowest BCUT2D eigenvalue weighted by Crippen LogP contribution is -2.52. The molecule has 8 nitrogen and oxygen atoms in total. The maximum atomic E-state index is 14.3. The van der Waals surface area contributed by atoms with E-state index < -0.39 is 6.16 Å². The predicted molar refractivity (Wildman–Crippen MR) is 157 cm³/mol. The van der Waals surface area contributed by atoms with Crippen LogP contribution in [0.3, 0.4) is 0 Å². The van der Waals surface area contributed by atoms with E-state index >= 15 is 0 Å². The quantitative estimate of drug-likeness (QED) is 0.251. The number of anilines is 2. The number of aromatic nitrogens is 1. The van der Waals surface area contributed by atoms with Crippen molar-refractivity contribution >= 4 is 46.8 Å². The monoisotopic (exact) mass is 582 g/mol. The Labute approximate surface area is 244 Å². The minimum absolute atomic E-state index is 0.0727. The Morgan fingerprint density at radius 3 is 2.35 bits per heavy atom. The molecular formula is C30H32Cl2N4O4. The van der Waals surface area contributed by atoms with E-state index in [0.29, 0.717) is 15.7 Å². The van der Waals surface area contributed by atoms with Gasteiger partial charge in [-0.25, -0.2) is 9.59 Å². The maximum absolute atomic E-state index is 14.3. The van der Waals surface area contributed by atoms with Crippen molar-refractivity contribution in [1.29, 1.82) is 0 Å². The van der Waals surface area contributed by atoms with Crippen molar-refractivity contribution in [3.63, 3.8) is 0 Å². The molecule has 10 heteroatoms. The molecule has 1 unspecified atom stereocenters. The molecule has 1 aliphatic heterocycles. The molecule has 1 aliphatic carbocycles. The van der Waals surface area contributed by atoms with E-state index in [1.54, 1.807) is 42.3 Å². The second-order valence-electron chi connectivity index (χ2n) is 10.5. The normalized spacial score (nSPS) is 16.9. The van der Waals surface area contributed by atoms with Crippen molar-refractivity contribution in [2.24, 2.45) is 0 Å². The third-order valence-corrected chi connectivity index (χ3v) is 8.31. The number of carboxylic acid groups (broad SMARTS) is 1. The Kier molecular flexibility index (Phi) is 8.10. The van der Waals surface area contributed by atoms with Gasteiger partial charge in [0.2, 0.25) is 0 Å². The molecule has 2 aliphatic rings. The van der Waals surface area contributed by atoms with Crippen LogP contribution in [0.15, 0.2) is 48.5 Å². The molecule has 2 aromatic carbocycles. The first-order valence-electron chi connectivity index (χ1n) is 13.4. The van der Waals surface area contributed by atoms with Gasteiger partial charge in [-0.2, -0.15) is 0 Å². The number of carbonyl (C=O) groups is 2. The van der Waals surface area contributed by atoms with Gasteiger partial charge >= 0.3 is 12.2 Å². The molecule has 1 atom stereocenters. The molecule has 2 amide bonds. The third-order valence-electron chi connectivity index (χ3n) is 7.77. The molecule has 1 saturated heterocycles. The SMILES string of the molecule is Cc1cc(N2CCC(N(C(=O)N(C)C3CCc4ccc(OC(=O)O)cc43)c3ccc(Cl)cc3Cl)CC2)cc(C)n1. The van der Waals surface area contributed by atoms with Gasteiger partial charge in [0.05, 0.1) is 16.8 Å². The number of piperidine rings is 1. The molecule has 5 rings (SSSR count). The number of hydrogen-bond acceptors (Lipinski definition) is 5. The lowest BCUT2D eigenvalue weighted by Gasteiger charge is -2.42. The number of halogens is 2. The highest BCUT2D eigenvalue weighted by Crippen LogP contribution is 2.40. The van der Waals surface area contributed by atoms with E-state index in [2.05, 4.69) is 22.0 Å². The van der Waals surface area contributed by atoms with Gasteiger partial charge in [-0.15, -0.1) is 0 Å². The number of nitrogens with zero attached hydrogens (tertiary/aromatic N) is 4. The largest absolute Gasteiger partial charge is 0.511 e. The molecule has 0 bridgehead atoms. The Bertz CT molecular complexity index is 1420. The van der Waals surface area contributed by atoms with Crippen molar-refractivity contribution in [3.8, 4) is 5.75 Å². The molecular weight excluding hydrogens is 551 g/mol. The zero-order chi connectivity index (χ0) is 28.6. The lowest BCUT2D eigenvalue weighted by atomic mass is 10.0. The van der Waals surface area contributed by atoms with Crippen LogP contribution in [0.4, 0.5) is 21.0 Å². The van der Waals surface area contributed by atoms with Crippen LogP contribution in [0.25, 0.3) is 0 Å². The Balaban J connectivity index is 1.42. The molecule has 0 saturated carbocycles. The summed E-state index contributed by atoms with van der Waals surface area (Å²) < 4.78 is 4.89. The van der Waals surface area contributed by atoms with Gasteiger partial charge in [0.1, 0.15) is 5.75 Å². The zero-order valence-electron chi connectivity index (χ0n) is 22.7. The maximum Gasteiger partial charge on any atom is 0.511 e. The fraction of sp³-hybridized carbons (Fsp3) is 0.367. The first-order chi connectivity index (χ1) is 19.1. The number of rotatable bonds is 5. The van der Waals surface area contributed by atoms with Crippen LogP contribution in [0.1, 0.15) is 47.8 Å². The number of aryl methyl sites for hydroxylation is 3. The second kappa shape index (κ2) is 11.6. The molecule has 3 aromatic rings. The van der Waals surface area contributed by atoms with E-state index in [9.17, 15) is 9.59 Å². The molecule has 1 aromatic heterocycles. The summed E-state index contributed by atoms with van der Waals surface area (Å²) in [4.78, 5) is 35.8. The summed E-state index contributed by atoms with van der Waals surface area (Å²) in [6.07, 6.45) is 1.67. The molecule has 0 radical (unpaired) electrons. The van der Waals surface area contributed by atoms with E-state index in [1.165, 1.54) is 0 Å². The first kappa shape index (κ1) is 28.1. The number of fused-ring (bicyclic) bond motifs is 1. The average Bonchev–Trinajstić information content (AvgIpc) is 3.32. The number of ether oxygens (including phenoxy) is 1. The van der Waals surface area contributed by atoms with Gasteiger partial charge in [-0.05, 0) is 93.1 Å². The summed E-state index contributed by atoms with van der Waals surface area (Å²) in [6, 6.07) is 14.2. The molecule has 2 heterocycles. The summed E-state index contributed by atoms with van der Waals surface area (Å²) in [7, 11) is 1.79. The number of urea groups is 1. The van der Waals surface area contributed by atoms with Crippen molar-refractivity contribution < 1.29 is 19.4 Å². The van der Waals surface area contributed by atoms with Crippen LogP contribution >= 0.6 is 23.2 Å². The van der Waals surface area contributed by atoms with Crippen LogP contribution in [0.2, 0.25) is 10.0 Å². The highest BCUT2D eigenvalue weighted by Gasteiger charge is 2.37. The fourth-order valence-corrected chi connectivity index (χ4v) is 6.44. The molecule has 210 valence electrons. The van der Waals surface area contributed by atoms with Crippen LogP contribution in [-0.2, 0) is 6.42 Å². The summed E-state index contributed by atoms with van der Waals surface area (Å²) in [5, 5.41) is 9.98. The van der Waals surface area contributed by atoms with E-state index in [1.807, 2.05) is 24.8 Å². The number of carbonyl (C=O) groups excluding carboxylic acids is 1. The van der Waals surface area contributed by atoms with E-state index in [0.717, 1.165) is 67.0 Å². The van der Waals surface area contributed by atoms with Crippen LogP contribution in [-0.4, -0.2) is 53.4 Å². The third kappa shape index (κ3) is 5.83. The standard InChI is InChI=1S/C30H32Cl2N4O4/c1-18-14-23(15-19(2)33-18)35-12-10-22(11-13-35)36(28-9-6-21(31)16-26(28)32)29(37)34(3)27-8-5-20-4-7-24(17-25(20)27)40-30(38)39/h4,6-7,9,14-17,22,27H,5,8,10-13H2,1-3H3,(H,38,39). The highest BCUT2D eigenvalue weighted by atomic mass is 35.5.